The highest BCUT2D eigenvalue weighted by atomic mass is 79.9. The highest BCUT2D eigenvalue weighted by molar-refractivity contribution is 9.10. The van der Waals surface area contributed by atoms with Gasteiger partial charge in [-0.05, 0) is 34.1 Å². The molecule has 2 aromatic rings. The zero-order valence-corrected chi connectivity index (χ0v) is 9.85. The highest BCUT2D eigenvalue weighted by Crippen LogP contribution is 2.21. The molecule has 14 heavy (non-hydrogen) atoms. The molecule has 0 aliphatic heterocycles. The summed E-state index contributed by atoms with van der Waals surface area (Å²) < 4.78 is 6.71. The van der Waals surface area contributed by atoms with E-state index < -0.39 is 0 Å². The van der Waals surface area contributed by atoms with Gasteiger partial charge in [-0.15, -0.1) is 11.3 Å². The number of ether oxygens (including phenoxy) is 1. The molecule has 0 spiro atoms. The van der Waals surface area contributed by atoms with Crippen molar-refractivity contribution in [1.82, 2.24) is 0 Å². The van der Waals surface area contributed by atoms with Crippen molar-refractivity contribution in [3.05, 3.63) is 51.1 Å². The Labute approximate surface area is 95.5 Å². The van der Waals surface area contributed by atoms with Gasteiger partial charge in [0.15, 0.2) is 0 Å². The molecule has 0 fully saturated rings. The topological polar surface area (TPSA) is 9.23 Å². The fourth-order valence-electron chi connectivity index (χ4n) is 1.10. The van der Waals surface area contributed by atoms with Crippen LogP contribution >= 0.6 is 27.3 Å². The first-order chi connectivity index (χ1) is 6.84. The summed E-state index contributed by atoms with van der Waals surface area (Å²) in [6, 6.07) is 11.9. The number of benzene rings is 1. The highest BCUT2D eigenvalue weighted by Gasteiger charge is 1.98. The molecule has 1 aromatic carbocycles. The van der Waals surface area contributed by atoms with Gasteiger partial charge in [-0.3, -0.25) is 0 Å². The van der Waals surface area contributed by atoms with Gasteiger partial charge in [-0.1, -0.05) is 18.2 Å². The van der Waals surface area contributed by atoms with Gasteiger partial charge in [0.25, 0.3) is 0 Å². The SMILES string of the molecule is Brc1csc(COc2ccccc2)c1. The Bertz CT molecular complexity index is 397. The molecule has 1 aromatic heterocycles. The molecule has 72 valence electrons. The molecule has 1 heterocycles. The van der Waals surface area contributed by atoms with Gasteiger partial charge in [0.2, 0.25) is 0 Å². The van der Waals surface area contributed by atoms with Crippen molar-refractivity contribution in [3.63, 3.8) is 0 Å². The van der Waals surface area contributed by atoms with E-state index in [0.29, 0.717) is 6.61 Å². The molecule has 0 aliphatic rings. The van der Waals surface area contributed by atoms with Crippen LogP contribution < -0.4 is 4.74 Å². The Morgan fingerprint density at radius 1 is 1.21 bits per heavy atom. The Kier molecular flexibility index (Phi) is 3.22. The van der Waals surface area contributed by atoms with Gasteiger partial charge in [0.05, 0.1) is 0 Å². The van der Waals surface area contributed by atoms with E-state index in [4.69, 9.17) is 4.74 Å². The van der Waals surface area contributed by atoms with Gasteiger partial charge in [-0.25, -0.2) is 0 Å². The average molecular weight is 269 g/mol. The molecule has 0 bridgehead atoms. The van der Waals surface area contributed by atoms with Gasteiger partial charge < -0.3 is 4.74 Å². The summed E-state index contributed by atoms with van der Waals surface area (Å²) in [5, 5.41) is 2.06. The first kappa shape index (κ1) is 9.74. The third-order valence-electron chi connectivity index (χ3n) is 1.75. The molecule has 0 radical (unpaired) electrons. The molecule has 0 unspecified atom stereocenters. The molecule has 3 heteroatoms. The van der Waals surface area contributed by atoms with E-state index in [0.717, 1.165) is 10.2 Å². The largest absolute Gasteiger partial charge is 0.488 e. The molecule has 0 saturated heterocycles. The molecule has 0 amide bonds. The van der Waals surface area contributed by atoms with Crippen molar-refractivity contribution < 1.29 is 4.74 Å². The molecule has 0 aliphatic carbocycles. The average Bonchev–Trinajstić information content (AvgIpc) is 2.63. The van der Waals surface area contributed by atoms with Crippen molar-refractivity contribution in [2.24, 2.45) is 0 Å². The maximum absolute atomic E-state index is 5.59. The summed E-state index contributed by atoms with van der Waals surface area (Å²) in [7, 11) is 0. The zero-order chi connectivity index (χ0) is 9.80. The van der Waals surface area contributed by atoms with Gasteiger partial charge >= 0.3 is 0 Å². The van der Waals surface area contributed by atoms with Gasteiger partial charge in [-0.2, -0.15) is 0 Å². The van der Waals surface area contributed by atoms with E-state index in [2.05, 4.69) is 27.4 Å². The van der Waals surface area contributed by atoms with Crippen LogP contribution in [0.5, 0.6) is 5.75 Å². The Morgan fingerprint density at radius 2 is 2.00 bits per heavy atom. The van der Waals surface area contributed by atoms with Crippen LogP contribution in [-0.4, -0.2) is 0 Å². The molecule has 0 atom stereocenters. The maximum Gasteiger partial charge on any atom is 0.122 e. The molecule has 0 N–H and O–H groups in total. The fraction of sp³-hybridized carbons (Fsp3) is 0.0909. The predicted octanol–water partition coefficient (Wildman–Crippen LogP) is 4.09. The Hall–Kier alpha value is -0.800. The lowest BCUT2D eigenvalue weighted by Gasteiger charge is -2.02. The van der Waals surface area contributed by atoms with Crippen LogP contribution in [0.2, 0.25) is 0 Å². The van der Waals surface area contributed by atoms with E-state index in [-0.39, 0.29) is 0 Å². The second kappa shape index (κ2) is 4.62. The summed E-state index contributed by atoms with van der Waals surface area (Å²) in [6.07, 6.45) is 0. The van der Waals surface area contributed by atoms with Crippen molar-refractivity contribution in [1.29, 1.82) is 0 Å². The van der Waals surface area contributed by atoms with Crippen LogP contribution in [0.15, 0.2) is 46.3 Å². The number of para-hydroxylation sites is 1. The third-order valence-corrected chi connectivity index (χ3v) is 3.42. The molecule has 1 nitrogen and oxygen atoms in total. The third kappa shape index (κ3) is 2.59. The minimum absolute atomic E-state index is 0.639. The van der Waals surface area contributed by atoms with Crippen molar-refractivity contribution in [3.8, 4) is 5.75 Å². The normalized spacial score (nSPS) is 10.1. The smallest absolute Gasteiger partial charge is 0.122 e. The van der Waals surface area contributed by atoms with E-state index in [9.17, 15) is 0 Å². The second-order valence-electron chi connectivity index (χ2n) is 2.83. The molecule has 0 saturated carbocycles. The molecular formula is C11H9BrOS. The minimum Gasteiger partial charge on any atom is -0.488 e. The van der Waals surface area contributed by atoms with E-state index in [1.165, 1.54) is 4.88 Å². The number of halogens is 1. The van der Waals surface area contributed by atoms with Crippen LogP contribution in [0, 0.1) is 0 Å². The number of hydrogen-bond acceptors (Lipinski definition) is 2. The monoisotopic (exact) mass is 268 g/mol. The van der Waals surface area contributed by atoms with E-state index >= 15 is 0 Å². The molecular weight excluding hydrogens is 260 g/mol. The first-order valence-electron chi connectivity index (χ1n) is 4.25. The summed E-state index contributed by atoms with van der Waals surface area (Å²) in [6.45, 7) is 0.639. The van der Waals surface area contributed by atoms with Crippen LogP contribution in [0.1, 0.15) is 4.88 Å². The lowest BCUT2D eigenvalue weighted by Crippen LogP contribution is -1.91. The maximum atomic E-state index is 5.59. The first-order valence-corrected chi connectivity index (χ1v) is 5.92. The molecule has 2 rings (SSSR count). The number of hydrogen-bond donors (Lipinski definition) is 0. The van der Waals surface area contributed by atoms with E-state index in [1.807, 2.05) is 30.3 Å². The van der Waals surface area contributed by atoms with Crippen LogP contribution in [0.4, 0.5) is 0 Å². The Morgan fingerprint density at radius 3 is 2.64 bits per heavy atom. The summed E-state index contributed by atoms with van der Waals surface area (Å²) >= 11 is 5.11. The predicted molar refractivity (Wildman–Crippen MR) is 62.8 cm³/mol. The van der Waals surface area contributed by atoms with Crippen molar-refractivity contribution in [2.75, 3.05) is 0 Å². The quantitative estimate of drug-likeness (QED) is 0.815. The number of thiophene rings is 1. The van der Waals surface area contributed by atoms with Crippen LogP contribution in [-0.2, 0) is 6.61 Å². The minimum atomic E-state index is 0.639. The van der Waals surface area contributed by atoms with E-state index in [1.54, 1.807) is 11.3 Å². The summed E-state index contributed by atoms with van der Waals surface area (Å²) in [5.41, 5.74) is 0. The van der Waals surface area contributed by atoms with Crippen LogP contribution in [0.25, 0.3) is 0 Å². The standard InChI is InChI=1S/C11H9BrOS/c12-9-6-11(14-8-9)7-13-10-4-2-1-3-5-10/h1-6,8H,7H2. The van der Waals surface area contributed by atoms with Crippen molar-refractivity contribution >= 4 is 27.3 Å². The summed E-state index contributed by atoms with van der Waals surface area (Å²) in [4.78, 5) is 1.22. The second-order valence-corrected chi connectivity index (χ2v) is 4.74. The van der Waals surface area contributed by atoms with Gasteiger partial charge in [0.1, 0.15) is 12.4 Å². The number of rotatable bonds is 3. The summed E-state index contributed by atoms with van der Waals surface area (Å²) in [5.74, 6) is 0.914. The Balaban J connectivity index is 1.95. The van der Waals surface area contributed by atoms with Crippen molar-refractivity contribution in [2.45, 2.75) is 6.61 Å². The van der Waals surface area contributed by atoms with Crippen LogP contribution in [0.3, 0.4) is 0 Å². The lowest BCUT2D eigenvalue weighted by molar-refractivity contribution is 0.310. The fourth-order valence-corrected chi connectivity index (χ4v) is 2.46. The van der Waals surface area contributed by atoms with Gasteiger partial charge in [0, 0.05) is 14.7 Å². The lowest BCUT2D eigenvalue weighted by atomic mass is 10.3. The zero-order valence-electron chi connectivity index (χ0n) is 7.44.